The third kappa shape index (κ3) is 4.32. The molecular weight excluding hydrogens is 248 g/mol. The van der Waals surface area contributed by atoms with Gasteiger partial charge in [-0.15, -0.1) is 13.2 Å². The Bertz CT molecular complexity index is 334. The largest absolute Gasteiger partial charge is 0.374 e. The summed E-state index contributed by atoms with van der Waals surface area (Å²) in [7, 11) is 0. The van der Waals surface area contributed by atoms with Crippen molar-refractivity contribution in [3.05, 3.63) is 37.5 Å². The molecule has 0 N–H and O–H groups in total. The maximum absolute atomic E-state index is 5.57. The molecule has 2 heteroatoms. The van der Waals surface area contributed by atoms with E-state index in [2.05, 4.69) is 25.3 Å². The molecule has 2 aliphatic carbocycles. The minimum absolute atomic E-state index is 0.408. The molecule has 0 saturated heterocycles. The number of rotatable bonds is 4. The van der Waals surface area contributed by atoms with Crippen molar-refractivity contribution in [1.29, 1.82) is 0 Å². The average Bonchev–Trinajstić information content (AvgIpc) is 3.14. The molecule has 0 spiro atoms. The summed E-state index contributed by atoms with van der Waals surface area (Å²) in [5.74, 6) is 1.34. The van der Waals surface area contributed by atoms with Gasteiger partial charge in [0.05, 0.1) is 25.4 Å². The van der Waals surface area contributed by atoms with Gasteiger partial charge in [0.15, 0.2) is 0 Å². The van der Waals surface area contributed by atoms with Crippen molar-refractivity contribution in [2.45, 2.75) is 50.7 Å². The summed E-state index contributed by atoms with van der Waals surface area (Å²) in [6, 6.07) is 0. The Morgan fingerprint density at radius 3 is 2.75 bits per heavy atom. The van der Waals surface area contributed by atoms with Gasteiger partial charge in [0.25, 0.3) is 0 Å². The van der Waals surface area contributed by atoms with Crippen LogP contribution < -0.4 is 0 Å². The highest BCUT2D eigenvalue weighted by molar-refractivity contribution is 4.99. The summed E-state index contributed by atoms with van der Waals surface area (Å²) < 4.78 is 11.1. The third-order valence-corrected chi connectivity index (χ3v) is 4.53. The molecule has 1 aliphatic heterocycles. The molecule has 20 heavy (non-hydrogen) atoms. The Morgan fingerprint density at radius 2 is 2.00 bits per heavy atom. The summed E-state index contributed by atoms with van der Waals surface area (Å²) in [6.07, 6.45) is 17.0. The minimum atomic E-state index is 0.408. The van der Waals surface area contributed by atoms with Gasteiger partial charge in [-0.3, -0.25) is 0 Å². The van der Waals surface area contributed by atoms with Gasteiger partial charge in [0.2, 0.25) is 0 Å². The first-order valence-corrected chi connectivity index (χ1v) is 7.98. The van der Waals surface area contributed by atoms with Crippen LogP contribution in [0.5, 0.6) is 0 Å². The van der Waals surface area contributed by atoms with Crippen molar-refractivity contribution in [3.8, 4) is 0 Å². The van der Waals surface area contributed by atoms with E-state index in [-0.39, 0.29) is 0 Å². The minimum Gasteiger partial charge on any atom is -0.374 e. The van der Waals surface area contributed by atoms with E-state index in [0.29, 0.717) is 24.7 Å². The molecule has 0 aromatic carbocycles. The van der Waals surface area contributed by atoms with Crippen molar-refractivity contribution in [2.24, 2.45) is 11.8 Å². The standard InChI is InChI=1S/C10H16O.C8H12O/c1-3-8-11-10-7-5-6-9(10)4-2;1-3-7-4-2-6-9-8(7)5-1/h3-4,9-10H,1-2,5-8H2;2,4,7-8H,1,3,5-6H2/t9-,10-;7-,8+/m01/s1. The zero-order valence-electron chi connectivity index (χ0n) is 12.5. The Hall–Kier alpha value is -0.860. The van der Waals surface area contributed by atoms with Crippen molar-refractivity contribution in [2.75, 3.05) is 13.2 Å². The van der Waals surface area contributed by atoms with Crippen LogP contribution in [0.4, 0.5) is 0 Å². The molecule has 0 amide bonds. The van der Waals surface area contributed by atoms with E-state index >= 15 is 0 Å². The van der Waals surface area contributed by atoms with Crippen LogP contribution in [0.1, 0.15) is 38.5 Å². The maximum atomic E-state index is 5.57. The molecule has 1 heterocycles. The first kappa shape index (κ1) is 15.5. The van der Waals surface area contributed by atoms with Crippen LogP contribution in [0.2, 0.25) is 0 Å². The van der Waals surface area contributed by atoms with Gasteiger partial charge in [0.1, 0.15) is 0 Å². The van der Waals surface area contributed by atoms with Crippen molar-refractivity contribution in [3.63, 3.8) is 0 Å². The van der Waals surface area contributed by atoms with E-state index in [4.69, 9.17) is 9.47 Å². The smallest absolute Gasteiger partial charge is 0.0651 e. The van der Waals surface area contributed by atoms with E-state index < -0.39 is 0 Å². The van der Waals surface area contributed by atoms with E-state index in [0.717, 1.165) is 12.5 Å². The summed E-state index contributed by atoms with van der Waals surface area (Å²) >= 11 is 0. The molecule has 4 atom stereocenters. The van der Waals surface area contributed by atoms with Gasteiger partial charge in [-0.1, -0.05) is 37.1 Å². The van der Waals surface area contributed by atoms with Crippen LogP contribution in [-0.2, 0) is 9.47 Å². The molecule has 0 bridgehead atoms. The lowest BCUT2D eigenvalue weighted by Gasteiger charge is -2.19. The summed E-state index contributed by atoms with van der Waals surface area (Å²) in [5.41, 5.74) is 0. The zero-order chi connectivity index (χ0) is 14.2. The predicted molar refractivity (Wildman–Crippen MR) is 83.7 cm³/mol. The van der Waals surface area contributed by atoms with Crippen LogP contribution in [0.3, 0.4) is 0 Å². The van der Waals surface area contributed by atoms with Gasteiger partial charge in [0, 0.05) is 11.8 Å². The SMILES string of the molecule is C1=C[C@H]2CCC[C@@H]2OC1.C=CCO[C@H]1CCC[C@@H]1C=C. The van der Waals surface area contributed by atoms with Gasteiger partial charge in [-0.05, 0) is 25.7 Å². The molecule has 3 aliphatic rings. The molecule has 2 nitrogen and oxygen atoms in total. The van der Waals surface area contributed by atoms with Crippen LogP contribution >= 0.6 is 0 Å². The topological polar surface area (TPSA) is 18.5 Å². The highest BCUT2D eigenvalue weighted by Crippen LogP contribution is 2.31. The number of fused-ring (bicyclic) bond motifs is 1. The van der Waals surface area contributed by atoms with Crippen LogP contribution in [0, 0.1) is 11.8 Å². The Balaban J connectivity index is 0.000000149. The van der Waals surface area contributed by atoms with Gasteiger partial charge < -0.3 is 9.47 Å². The quantitative estimate of drug-likeness (QED) is 0.713. The fraction of sp³-hybridized carbons (Fsp3) is 0.667. The number of ether oxygens (including phenoxy) is 2. The van der Waals surface area contributed by atoms with Crippen molar-refractivity contribution in [1.82, 2.24) is 0 Å². The molecule has 3 rings (SSSR count). The van der Waals surface area contributed by atoms with E-state index in [1.165, 1.54) is 38.5 Å². The fourth-order valence-electron chi connectivity index (χ4n) is 3.41. The maximum Gasteiger partial charge on any atom is 0.0651 e. The molecule has 0 radical (unpaired) electrons. The van der Waals surface area contributed by atoms with Gasteiger partial charge in [-0.2, -0.15) is 0 Å². The normalized spacial score (nSPS) is 35.0. The molecular formula is C18H28O2. The molecule has 2 fully saturated rings. The first-order chi connectivity index (χ1) is 9.85. The zero-order valence-corrected chi connectivity index (χ0v) is 12.5. The predicted octanol–water partition coefficient (Wildman–Crippen LogP) is 4.29. The van der Waals surface area contributed by atoms with E-state index in [1.54, 1.807) is 6.08 Å². The lowest BCUT2D eigenvalue weighted by molar-refractivity contribution is 0.0494. The monoisotopic (exact) mass is 276 g/mol. The lowest BCUT2D eigenvalue weighted by Crippen LogP contribution is -2.20. The van der Waals surface area contributed by atoms with Gasteiger partial charge >= 0.3 is 0 Å². The molecule has 0 unspecified atom stereocenters. The number of hydrogen-bond donors (Lipinski definition) is 0. The summed E-state index contributed by atoms with van der Waals surface area (Å²) in [6.45, 7) is 8.94. The second-order valence-electron chi connectivity index (χ2n) is 5.89. The Kier molecular flexibility index (Phi) is 6.55. The van der Waals surface area contributed by atoms with Crippen LogP contribution in [0.25, 0.3) is 0 Å². The molecule has 112 valence electrons. The van der Waals surface area contributed by atoms with Crippen LogP contribution in [-0.4, -0.2) is 25.4 Å². The van der Waals surface area contributed by atoms with Gasteiger partial charge in [-0.25, -0.2) is 0 Å². The fourth-order valence-corrected chi connectivity index (χ4v) is 3.41. The average molecular weight is 276 g/mol. The summed E-state index contributed by atoms with van der Waals surface area (Å²) in [4.78, 5) is 0. The lowest BCUT2D eigenvalue weighted by atomic mass is 10.0. The highest BCUT2D eigenvalue weighted by Gasteiger charge is 2.27. The second-order valence-corrected chi connectivity index (χ2v) is 5.89. The van der Waals surface area contributed by atoms with Crippen LogP contribution in [0.15, 0.2) is 37.5 Å². The van der Waals surface area contributed by atoms with Crippen molar-refractivity contribution < 1.29 is 9.47 Å². The molecule has 0 aromatic heterocycles. The first-order valence-electron chi connectivity index (χ1n) is 7.98. The van der Waals surface area contributed by atoms with Crippen molar-refractivity contribution >= 4 is 0 Å². The summed E-state index contributed by atoms with van der Waals surface area (Å²) in [5, 5.41) is 0. The highest BCUT2D eigenvalue weighted by atomic mass is 16.5. The number of hydrogen-bond acceptors (Lipinski definition) is 2. The Morgan fingerprint density at radius 1 is 1.15 bits per heavy atom. The third-order valence-electron chi connectivity index (χ3n) is 4.53. The Labute approximate surface area is 123 Å². The molecule has 0 aromatic rings. The second kappa shape index (κ2) is 8.43. The van der Waals surface area contributed by atoms with E-state index in [1.807, 2.05) is 6.08 Å². The molecule has 2 saturated carbocycles. The van der Waals surface area contributed by atoms with E-state index in [9.17, 15) is 0 Å².